The summed E-state index contributed by atoms with van der Waals surface area (Å²) in [7, 11) is 0. The molecular formula is C26H27F4N3O2. The third-order valence-corrected chi connectivity index (χ3v) is 7.23. The van der Waals surface area contributed by atoms with Crippen molar-refractivity contribution in [2.75, 3.05) is 44.3 Å². The Bertz CT molecular complexity index is 1160. The minimum atomic E-state index is -4.63. The number of carbonyl (C=O) groups is 1. The largest absolute Gasteiger partial charge is 0.417 e. The van der Waals surface area contributed by atoms with Crippen molar-refractivity contribution in [2.45, 2.75) is 26.4 Å². The fourth-order valence-electron chi connectivity index (χ4n) is 5.18. The summed E-state index contributed by atoms with van der Waals surface area (Å²) in [5, 5.41) is 9.09. The predicted octanol–water partition coefficient (Wildman–Crippen LogP) is 5.03. The van der Waals surface area contributed by atoms with E-state index in [1.807, 2.05) is 11.8 Å². The molecule has 0 N–H and O–H groups in total. The second-order valence-corrected chi connectivity index (χ2v) is 9.38. The lowest BCUT2D eigenvalue weighted by atomic mass is 9.73. The summed E-state index contributed by atoms with van der Waals surface area (Å²) < 4.78 is 60.3. The van der Waals surface area contributed by atoms with Gasteiger partial charge in [0, 0.05) is 55.4 Å². The Morgan fingerprint density at radius 2 is 2.00 bits per heavy atom. The molecule has 2 aliphatic heterocycles. The van der Waals surface area contributed by atoms with Crippen molar-refractivity contribution in [2.24, 2.45) is 11.3 Å². The molecule has 2 saturated heterocycles. The number of rotatable bonds is 5. The molecule has 1 amide bonds. The quantitative estimate of drug-likeness (QED) is 0.553. The number of anilines is 1. The van der Waals surface area contributed by atoms with Crippen LogP contribution in [0, 0.1) is 35.4 Å². The smallest absolute Gasteiger partial charge is 0.381 e. The molecule has 0 aliphatic carbocycles. The van der Waals surface area contributed by atoms with E-state index in [0.29, 0.717) is 57.1 Å². The number of piperidine rings is 1. The van der Waals surface area contributed by atoms with Gasteiger partial charge >= 0.3 is 6.18 Å². The fraction of sp³-hybridized carbons (Fsp3) is 0.462. The highest BCUT2D eigenvalue weighted by atomic mass is 19.4. The van der Waals surface area contributed by atoms with Gasteiger partial charge in [0.1, 0.15) is 5.82 Å². The summed E-state index contributed by atoms with van der Waals surface area (Å²) >= 11 is 0. The number of hydrogen-bond donors (Lipinski definition) is 0. The highest BCUT2D eigenvalue weighted by molar-refractivity contribution is 5.94. The Labute approximate surface area is 201 Å². The van der Waals surface area contributed by atoms with Crippen molar-refractivity contribution in [1.82, 2.24) is 4.90 Å². The van der Waals surface area contributed by atoms with Crippen LogP contribution in [0.2, 0.25) is 0 Å². The summed E-state index contributed by atoms with van der Waals surface area (Å²) in [6, 6.07) is 9.82. The van der Waals surface area contributed by atoms with Crippen LogP contribution < -0.4 is 4.90 Å². The normalized spacial score (nSPS) is 22.1. The Morgan fingerprint density at radius 1 is 1.23 bits per heavy atom. The number of carbonyl (C=O) groups excluding carboxylic acids is 1. The average molecular weight is 490 g/mol. The maximum Gasteiger partial charge on any atom is 0.417 e. The number of likely N-dealkylation sites (tertiary alicyclic amines) is 1. The van der Waals surface area contributed by atoms with Crippen LogP contribution in [0.25, 0.3) is 0 Å². The monoisotopic (exact) mass is 489 g/mol. The Kier molecular flexibility index (Phi) is 6.78. The lowest BCUT2D eigenvalue weighted by Gasteiger charge is -2.44. The molecule has 5 nitrogen and oxygen atoms in total. The second kappa shape index (κ2) is 9.50. The van der Waals surface area contributed by atoms with Crippen LogP contribution in [0.15, 0.2) is 36.4 Å². The van der Waals surface area contributed by atoms with E-state index in [1.165, 1.54) is 18.2 Å². The third-order valence-electron chi connectivity index (χ3n) is 7.23. The van der Waals surface area contributed by atoms with Crippen LogP contribution in [-0.2, 0) is 10.9 Å². The minimum absolute atomic E-state index is 0.0352. The maximum absolute atomic E-state index is 14.1. The molecular weight excluding hydrogens is 462 g/mol. The highest BCUT2D eigenvalue weighted by Gasteiger charge is 2.51. The van der Waals surface area contributed by atoms with E-state index >= 15 is 0 Å². The molecule has 2 heterocycles. The summed E-state index contributed by atoms with van der Waals surface area (Å²) in [4.78, 5) is 16.8. The van der Waals surface area contributed by atoms with Gasteiger partial charge in [-0.15, -0.1) is 0 Å². The van der Waals surface area contributed by atoms with Gasteiger partial charge in [-0.25, -0.2) is 4.39 Å². The molecule has 0 aromatic heterocycles. The first-order valence-corrected chi connectivity index (χ1v) is 11.6. The van der Waals surface area contributed by atoms with Crippen LogP contribution in [-0.4, -0.2) is 50.2 Å². The molecule has 9 heteroatoms. The SMILES string of the molecule is CCOCC12CCN(c3ccc(C#N)c(C(F)(F)F)c3)CC1CN(C(=O)c1ccc(C)c(F)c1)C2. The van der Waals surface area contributed by atoms with Crippen LogP contribution in [0.5, 0.6) is 0 Å². The van der Waals surface area contributed by atoms with E-state index in [1.54, 1.807) is 30.0 Å². The zero-order valence-corrected chi connectivity index (χ0v) is 19.7. The van der Waals surface area contributed by atoms with E-state index in [2.05, 4.69) is 0 Å². The zero-order chi connectivity index (χ0) is 25.4. The molecule has 2 atom stereocenters. The van der Waals surface area contributed by atoms with Crippen LogP contribution in [0.3, 0.4) is 0 Å². The number of ether oxygens (including phenoxy) is 1. The Hall–Kier alpha value is -3.12. The van der Waals surface area contributed by atoms with Gasteiger partial charge in [0.2, 0.25) is 0 Å². The standard InChI is InChI=1S/C26H27F4N3O2/c1-3-35-16-25-8-9-32(21-7-6-19(12-31)22(11-21)26(28,29)30)13-20(25)14-33(15-25)24(34)18-5-4-17(2)23(27)10-18/h4-7,10-11,20H,3,8-9,13-16H2,1-2H3. The van der Waals surface area contributed by atoms with E-state index < -0.39 is 23.1 Å². The summed E-state index contributed by atoms with van der Waals surface area (Å²) in [6.07, 6.45) is -4.00. The molecule has 0 radical (unpaired) electrons. The van der Waals surface area contributed by atoms with Gasteiger partial charge in [0.05, 0.1) is 23.8 Å². The number of alkyl halides is 3. The van der Waals surface area contributed by atoms with Crippen LogP contribution in [0.4, 0.5) is 23.2 Å². The molecule has 2 unspecified atom stereocenters. The second-order valence-electron chi connectivity index (χ2n) is 9.38. The number of nitrogens with zero attached hydrogens (tertiary/aromatic N) is 3. The Morgan fingerprint density at radius 3 is 2.66 bits per heavy atom. The van der Waals surface area contributed by atoms with Crippen molar-refractivity contribution in [3.8, 4) is 6.07 Å². The first-order chi connectivity index (χ1) is 16.6. The topological polar surface area (TPSA) is 56.6 Å². The summed E-state index contributed by atoms with van der Waals surface area (Å²) in [6.45, 7) is 6.27. The summed E-state index contributed by atoms with van der Waals surface area (Å²) in [5.41, 5.74) is -0.560. The third kappa shape index (κ3) is 4.85. The van der Waals surface area contributed by atoms with E-state index in [9.17, 15) is 22.4 Å². The molecule has 0 bridgehead atoms. The molecule has 0 spiro atoms. The molecule has 0 saturated carbocycles. The molecule has 35 heavy (non-hydrogen) atoms. The summed E-state index contributed by atoms with van der Waals surface area (Å²) in [5.74, 6) is -0.741. The lowest BCUT2D eigenvalue weighted by molar-refractivity contribution is -0.137. The fourth-order valence-corrected chi connectivity index (χ4v) is 5.18. The van der Waals surface area contributed by atoms with Crippen molar-refractivity contribution in [3.63, 3.8) is 0 Å². The van der Waals surface area contributed by atoms with Crippen molar-refractivity contribution in [1.29, 1.82) is 5.26 Å². The van der Waals surface area contributed by atoms with E-state index in [0.717, 1.165) is 6.07 Å². The average Bonchev–Trinajstić information content (AvgIpc) is 3.22. The van der Waals surface area contributed by atoms with Gasteiger partial charge in [-0.3, -0.25) is 4.79 Å². The minimum Gasteiger partial charge on any atom is -0.381 e. The molecule has 2 aliphatic rings. The van der Waals surface area contributed by atoms with Crippen molar-refractivity contribution >= 4 is 11.6 Å². The first-order valence-electron chi connectivity index (χ1n) is 11.6. The van der Waals surface area contributed by atoms with E-state index in [4.69, 9.17) is 10.00 Å². The number of amides is 1. The molecule has 2 aromatic rings. The van der Waals surface area contributed by atoms with Crippen molar-refractivity contribution < 1.29 is 27.1 Å². The van der Waals surface area contributed by atoms with Gasteiger partial charge in [0.15, 0.2) is 0 Å². The number of benzene rings is 2. The Balaban J connectivity index is 1.59. The van der Waals surface area contributed by atoms with Gasteiger partial charge < -0.3 is 14.5 Å². The van der Waals surface area contributed by atoms with Crippen LogP contribution in [0.1, 0.15) is 40.4 Å². The van der Waals surface area contributed by atoms with Crippen molar-refractivity contribution in [3.05, 3.63) is 64.5 Å². The zero-order valence-electron chi connectivity index (χ0n) is 19.7. The number of nitriles is 1. The van der Waals surface area contributed by atoms with E-state index in [-0.39, 0.29) is 22.8 Å². The lowest BCUT2D eigenvalue weighted by Crippen LogP contribution is -2.49. The maximum atomic E-state index is 14.1. The molecule has 2 aromatic carbocycles. The molecule has 2 fully saturated rings. The number of aryl methyl sites for hydroxylation is 1. The number of hydrogen-bond acceptors (Lipinski definition) is 4. The number of fused-ring (bicyclic) bond motifs is 1. The van der Waals surface area contributed by atoms with Gasteiger partial charge in [-0.2, -0.15) is 18.4 Å². The first kappa shape index (κ1) is 25.0. The van der Waals surface area contributed by atoms with Gasteiger partial charge in [-0.1, -0.05) is 6.07 Å². The van der Waals surface area contributed by atoms with Gasteiger partial charge in [0.25, 0.3) is 5.91 Å². The number of halogens is 4. The predicted molar refractivity (Wildman–Crippen MR) is 122 cm³/mol. The molecule has 186 valence electrons. The highest BCUT2D eigenvalue weighted by Crippen LogP contribution is 2.45. The molecule has 4 rings (SSSR count). The van der Waals surface area contributed by atoms with Gasteiger partial charge in [-0.05, 0) is 56.2 Å². The van der Waals surface area contributed by atoms with Crippen LogP contribution >= 0.6 is 0 Å².